The molecule has 0 unspecified atom stereocenters. The first-order chi connectivity index (χ1) is 11.8. The van der Waals surface area contributed by atoms with E-state index in [9.17, 15) is 4.79 Å². The zero-order valence-corrected chi connectivity index (χ0v) is 16.6. The van der Waals surface area contributed by atoms with Gasteiger partial charge in [-0.25, -0.2) is 4.68 Å². The van der Waals surface area contributed by atoms with Crippen LogP contribution in [0.5, 0.6) is 0 Å². The standard InChI is InChI=1S/C19H25ClN2O2S/c1-19(2,3)18(23)22-14(4-5-15-6-7-17(20)25-15)12-16(21-22)13-8-10-24-11-9-13/h6-7,12-13H,4-5,8-11H2,1-3H3. The highest BCUT2D eigenvalue weighted by atomic mass is 35.5. The van der Waals surface area contributed by atoms with Crippen molar-refractivity contribution in [2.45, 2.75) is 52.4 Å². The van der Waals surface area contributed by atoms with E-state index in [4.69, 9.17) is 21.4 Å². The minimum absolute atomic E-state index is 0.0463. The van der Waals surface area contributed by atoms with E-state index in [0.717, 1.165) is 54.6 Å². The fourth-order valence-corrected chi connectivity index (χ4v) is 4.13. The summed E-state index contributed by atoms with van der Waals surface area (Å²) in [5, 5.41) is 4.71. The van der Waals surface area contributed by atoms with Crippen LogP contribution in [0.2, 0.25) is 4.34 Å². The van der Waals surface area contributed by atoms with Crippen LogP contribution in [0.25, 0.3) is 0 Å². The lowest BCUT2D eigenvalue weighted by Gasteiger charge is -2.20. The highest BCUT2D eigenvalue weighted by molar-refractivity contribution is 7.16. The summed E-state index contributed by atoms with van der Waals surface area (Å²) in [5.41, 5.74) is 1.56. The molecule has 1 fully saturated rings. The minimum Gasteiger partial charge on any atom is -0.381 e. The van der Waals surface area contributed by atoms with Crippen molar-refractivity contribution in [1.82, 2.24) is 9.78 Å². The Morgan fingerprint density at radius 2 is 2.04 bits per heavy atom. The third-order valence-corrected chi connectivity index (χ3v) is 5.82. The molecule has 0 radical (unpaired) electrons. The largest absolute Gasteiger partial charge is 0.381 e. The van der Waals surface area contributed by atoms with Gasteiger partial charge in [0.15, 0.2) is 0 Å². The summed E-state index contributed by atoms with van der Waals surface area (Å²) in [6.07, 6.45) is 3.60. The average molecular weight is 381 g/mol. The molecule has 3 heterocycles. The van der Waals surface area contributed by atoms with Gasteiger partial charge in [0.1, 0.15) is 0 Å². The molecular weight excluding hydrogens is 356 g/mol. The topological polar surface area (TPSA) is 44.1 Å². The molecule has 2 aromatic rings. The summed E-state index contributed by atoms with van der Waals surface area (Å²) < 4.78 is 7.90. The fraction of sp³-hybridized carbons (Fsp3) is 0.579. The maximum Gasteiger partial charge on any atom is 0.252 e. The molecule has 0 aliphatic carbocycles. The highest BCUT2D eigenvalue weighted by Gasteiger charge is 2.28. The Kier molecular flexibility index (Phi) is 5.66. The second-order valence-corrected chi connectivity index (χ2v) is 9.42. The number of ether oxygens (including phenoxy) is 1. The van der Waals surface area contributed by atoms with Gasteiger partial charge in [0, 0.05) is 35.1 Å². The lowest BCUT2D eigenvalue weighted by Crippen LogP contribution is -2.29. The van der Waals surface area contributed by atoms with E-state index in [2.05, 4.69) is 12.1 Å². The predicted octanol–water partition coefficient (Wildman–Crippen LogP) is 4.96. The summed E-state index contributed by atoms with van der Waals surface area (Å²) >= 11 is 7.62. The van der Waals surface area contributed by atoms with Gasteiger partial charge in [-0.15, -0.1) is 11.3 Å². The third-order valence-electron chi connectivity index (χ3n) is 4.53. The first-order valence-electron chi connectivity index (χ1n) is 8.80. The Morgan fingerprint density at radius 3 is 2.64 bits per heavy atom. The molecule has 0 saturated carbocycles. The predicted molar refractivity (Wildman–Crippen MR) is 102 cm³/mol. The molecule has 1 aliphatic rings. The van der Waals surface area contributed by atoms with Crippen LogP contribution in [0.1, 0.15) is 60.6 Å². The van der Waals surface area contributed by atoms with E-state index >= 15 is 0 Å². The number of hydrogen-bond acceptors (Lipinski definition) is 4. The molecule has 0 bridgehead atoms. The van der Waals surface area contributed by atoms with E-state index in [1.807, 2.05) is 26.8 Å². The van der Waals surface area contributed by atoms with E-state index in [1.165, 1.54) is 4.88 Å². The minimum atomic E-state index is -0.458. The summed E-state index contributed by atoms with van der Waals surface area (Å²) in [6.45, 7) is 7.36. The molecule has 6 heteroatoms. The molecule has 3 rings (SSSR count). The van der Waals surface area contributed by atoms with Crippen molar-refractivity contribution >= 4 is 28.8 Å². The molecule has 1 saturated heterocycles. The van der Waals surface area contributed by atoms with Crippen molar-refractivity contribution in [3.8, 4) is 0 Å². The molecule has 4 nitrogen and oxygen atoms in total. The number of rotatable bonds is 4. The normalized spacial score (nSPS) is 16.3. The van der Waals surface area contributed by atoms with Gasteiger partial charge in [-0.05, 0) is 43.9 Å². The van der Waals surface area contributed by atoms with E-state index in [0.29, 0.717) is 5.92 Å². The van der Waals surface area contributed by atoms with E-state index in [1.54, 1.807) is 16.0 Å². The fourth-order valence-electron chi connectivity index (χ4n) is 3.04. The number of halogens is 1. The summed E-state index contributed by atoms with van der Waals surface area (Å²) in [7, 11) is 0. The van der Waals surface area contributed by atoms with Gasteiger partial charge in [0.2, 0.25) is 0 Å². The van der Waals surface area contributed by atoms with Crippen LogP contribution in [0.15, 0.2) is 18.2 Å². The van der Waals surface area contributed by atoms with Crippen molar-refractivity contribution in [3.63, 3.8) is 0 Å². The Hall–Kier alpha value is -1.17. The second-order valence-electron chi connectivity index (χ2n) is 7.62. The number of aryl methyl sites for hydroxylation is 2. The smallest absolute Gasteiger partial charge is 0.252 e. The summed E-state index contributed by atoms with van der Waals surface area (Å²) in [4.78, 5) is 14.1. The first-order valence-corrected chi connectivity index (χ1v) is 9.99. The molecule has 0 atom stereocenters. The number of carbonyl (C=O) groups excluding carboxylic acids is 1. The molecule has 25 heavy (non-hydrogen) atoms. The number of aromatic nitrogens is 2. The van der Waals surface area contributed by atoms with Crippen LogP contribution >= 0.6 is 22.9 Å². The number of hydrogen-bond donors (Lipinski definition) is 0. The molecule has 0 aromatic carbocycles. The van der Waals surface area contributed by atoms with Crippen LogP contribution in [-0.4, -0.2) is 28.9 Å². The van der Waals surface area contributed by atoms with Gasteiger partial charge in [0.25, 0.3) is 5.91 Å². The molecule has 0 amide bonds. The second kappa shape index (κ2) is 7.60. The lowest BCUT2D eigenvalue weighted by atomic mass is 9.95. The number of carbonyl (C=O) groups is 1. The monoisotopic (exact) mass is 380 g/mol. The van der Waals surface area contributed by atoms with Crippen LogP contribution in [0.3, 0.4) is 0 Å². The van der Waals surface area contributed by atoms with Crippen molar-refractivity contribution in [1.29, 1.82) is 0 Å². The van der Waals surface area contributed by atoms with Gasteiger partial charge in [-0.3, -0.25) is 4.79 Å². The maximum absolute atomic E-state index is 12.9. The first kappa shape index (κ1) is 18.6. The zero-order chi connectivity index (χ0) is 18.0. The lowest BCUT2D eigenvalue weighted by molar-refractivity contribution is 0.0739. The molecule has 1 aliphatic heterocycles. The molecule has 0 N–H and O–H groups in total. The molecule has 2 aromatic heterocycles. The summed E-state index contributed by atoms with van der Waals surface area (Å²) in [5.74, 6) is 0.433. The number of nitrogens with zero attached hydrogens (tertiary/aromatic N) is 2. The molecule has 136 valence electrons. The van der Waals surface area contributed by atoms with Crippen molar-refractivity contribution < 1.29 is 9.53 Å². The van der Waals surface area contributed by atoms with Gasteiger partial charge in [-0.2, -0.15) is 5.10 Å². The third kappa shape index (κ3) is 4.52. The Bertz CT molecular complexity index is 739. The van der Waals surface area contributed by atoms with Crippen LogP contribution in [0, 0.1) is 5.41 Å². The average Bonchev–Trinajstić information content (AvgIpc) is 3.18. The Labute approximate surface area is 158 Å². The van der Waals surface area contributed by atoms with Gasteiger partial charge < -0.3 is 4.74 Å². The Morgan fingerprint density at radius 1 is 1.32 bits per heavy atom. The van der Waals surface area contributed by atoms with Crippen LogP contribution < -0.4 is 0 Å². The van der Waals surface area contributed by atoms with Crippen LogP contribution in [0.4, 0.5) is 0 Å². The highest BCUT2D eigenvalue weighted by Crippen LogP contribution is 2.29. The quantitative estimate of drug-likeness (QED) is 0.752. The zero-order valence-electron chi connectivity index (χ0n) is 15.0. The van der Waals surface area contributed by atoms with Crippen LogP contribution in [-0.2, 0) is 17.6 Å². The van der Waals surface area contributed by atoms with E-state index < -0.39 is 5.41 Å². The summed E-state index contributed by atoms with van der Waals surface area (Å²) in [6, 6.07) is 6.10. The Balaban J connectivity index is 1.85. The maximum atomic E-state index is 12.9. The van der Waals surface area contributed by atoms with Gasteiger partial charge in [-0.1, -0.05) is 32.4 Å². The molecule has 0 spiro atoms. The van der Waals surface area contributed by atoms with Gasteiger partial charge >= 0.3 is 0 Å². The van der Waals surface area contributed by atoms with E-state index in [-0.39, 0.29) is 5.91 Å². The van der Waals surface area contributed by atoms with Crippen molar-refractivity contribution in [2.24, 2.45) is 5.41 Å². The van der Waals surface area contributed by atoms with Gasteiger partial charge in [0.05, 0.1) is 10.0 Å². The number of thiophene rings is 1. The van der Waals surface area contributed by atoms with Crippen molar-refractivity contribution in [3.05, 3.63) is 38.8 Å². The molecular formula is C19H25ClN2O2S. The van der Waals surface area contributed by atoms with Crippen molar-refractivity contribution in [2.75, 3.05) is 13.2 Å². The SMILES string of the molecule is CC(C)(C)C(=O)n1nc(C2CCOCC2)cc1CCc1ccc(Cl)s1.